The summed E-state index contributed by atoms with van der Waals surface area (Å²) in [7, 11) is 0. The van der Waals surface area contributed by atoms with Crippen LogP contribution in [-0.2, 0) is 11.3 Å². The number of hydrogen-bond donors (Lipinski definition) is 1. The van der Waals surface area contributed by atoms with E-state index in [0.717, 1.165) is 40.8 Å². The first-order valence-electron chi connectivity index (χ1n) is 7.54. The number of fused-ring (bicyclic) bond motifs is 1. The van der Waals surface area contributed by atoms with Crippen molar-refractivity contribution in [1.29, 1.82) is 0 Å². The van der Waals surface area contributed by atoms with Crippen molar-refractivity contribution >= 4 is 27.5 Å². The molecule has 3 rings (SSSR count). The van der Waals surface area contributed by atoms with Gasteiger partial charge < -0.3 is 9.51 Å². The summed E-state index contributed by atoms with van der Waals surface area (Å²) in [6, 6.07) is 2.45. The average Bonchev–Trinajstić information content (AvgIpc) is 2.84. The van der Waals surface area contributed by atoms with Gasteiger partial charge in [-0.25, -0.2) is 4.98 Å². The molecular formula is C16H20BrN3O2. The molecule has 2 unspecified atom stereocenters. The van der Waals surface area contributed by atoms with Crippen LogP contribution in [0.4, 0.5) is 0 Å². The van der Waals surface area contributed by atoms with Gasteiger partial charge >= 0.3 is 5.97 Å². The van der Waals surface area contributed by atoms with Crippen molar-refractivity contribution in [3.05, 3.63) is 34.2 Å². The van der Waals surface area contributed by atoms with Crippen molar-refractivity contribution in [2.24, 2.45) is 5.92 Å². The van der Waals surface area contributed by atoms with E-state index in [9.17, 15) is 9.90 Å². The molecule has 3 heterocycles. The van der Waals surface area contributed by atoms with Crippen molar-refractivity contribution in [2.75, 3.05) is 6.54 Å². The summed E-state index contributed by atoms with van der Waals surface area (Å²) in [5.74, 6) is -0.947. The average molecular weight is 366 g/mol. The van der Waals surface area contributed by atoms with Crippen LogP contribution in [-0.4, -0.2) is 37.9 Å². The summed E-state index contributed by atoms with van der Waals surface area (Å²) in [6.45, 7) is 5.54. The quantitative estimate of drug-likeness (QED) is 0.907. The molecular weight excluding hydrogens is 346 g/mol. The lowest BCUT2D eigenvalue weighted by molar-refractivity contribution is -0.144. The van der Waals surface area contributed by atoms with Gasteiger partial charge in [0, 0.05) is 29.8 Å². The van der Waals surface area contributed by atoms with Crippen molar-refractivity contribution in [3.8, 4) is 0 Å². The Morgan fingerprint density at radius 2 is 2.27 bits per heavy atom. The third kappa shape index (κ3) is 2.90. The predicted octanol–water partition coefficient (Wildman–Crippen LogP) is 3.09. The number of aryl methyl sites for hydroxylation is 1. The molecule has 22 heavy (non-hydrogen) atoms. The fraction of sp³-hybridized carbons (Fsp3) is 0.500. The van der Waals surface area contributed by atoms with E-state index in [1.807, 2.05) is 19.3 Å². The zero-order valence-corrected chi connectivity index (χ0v) is 14.4. The van der Waals surface area contributed by atoms with Crippen LogP contribution in [0.2, 0.25) is 0 Å². The molecule has 6 heteroatoms. The van der Waals surface area contributed by atoms with Crippen molar-refractivity contribution in [3.63, 3.8) is 0 Å². The van der Waals surface area contributed by atoms with Crippen molar-refractivity contribution in [1.82, 2.24) is 14.3 Å². The van der Waals surface area contributed by atoms with Crippen LogP contribution < -0.4 is 0 Å². The van der Waals surface area contributed by atoms with Crippen LogP contribution in [0.5, 0.6) is 0 Å². The first-order valence-corrected chi connectivity index (χ1v) is 8.34. The molecule has 1 aliphatic heterocycles. The fourth-order valence-electron chi connectivity index (χ4n) is 3.19. The number of aliphatic carboxylic acids is 1. The number of likely N-dealkylation sites (tertiary alicyclic amines) is 1. The molecule has 0 spiro atoms. The molecule has 1 N–H and O–H groups in total. The Balaban J connectivity index is 1.87. The number of halogens is 1. The number of pyridine rings is 1. The molecule has 2 aromatic heterocycles. The minimum atomic E-state index is -0.686. The van der Waals surface area contributed by atoms with E-state index < -0.39 is 5.97 Å². The summed E-state index contributed by atoms with van der Waals surface area (Å²) in [4.78, 5) is 18.0. The van der Waals surface area contributed by atoms with Crippen LogP contribution in [0.3, 0.4) is 0 Å². The van der Waals surface area contributed by atoms with Crippen LogP contribution >= 0.6 is 15.9 Å². The summed E-state index contributed by atoms with van der Waals surface area (Å²) < 4.78 is 3.11. The molecule has 0 saturated carbocycles. The number of aromatic nitrogens is 2. The van der Waals surface area contributed by atoms with Gasteiger partial charge in [0.15, 0.2) is 0 Å². The zero-order valence-electron chi connectivity index (χ0n) is 12.8. The maximum absolute atomic E-state index is 11.3. The van der Waals surface area contributed by atoms with E-state index in [1.165, 1.54) is 0 Å². The maximum atomic E-state index is 11.3. The second-order valence-electron chi connectivity index (χ2n) is 6.18. The molecule has 118 valence electrons. The van der Waals surface area contributed by atoms with E-state index in [0.29, 0.717) is 12.6 Å². The van der Waals surface area contributed by atoms with Gasteiger partial charge in [0.05, 0.1) is 17.8 Å². The first kappa shape index (κ1) is 15.5. The maximum Gasteiger partial charge on any atom is 0.307 e. The standard InChI is InChI=1S/C16H20BrN3O2/c1-10-5-13(17)8-20-14(6-18-15(10)20)9-19-7-12(16(21)22)4-3-11(19)2/h5-6,8,11-12H,3-4,7,9H2,1-2H3,(H,21,22). The predicted molar refractivity (Wildman–Crippen MR) is 87.9 cm³/mol. The fourth-order valence-corrected chi connectivity index (χ4v) is 3.74. The zero-order chi connectivity index (χ0) is 15.9. The lowest BCUT2D eigenvalue weighted by Gasteiger charge is -2.36. The molecule has 0 radical (unpaired) electrons. The van der Waals surface area contributed by atoms with Gasteiger partial charge in [0.25, 0.3) is 0 Å². The smallest absolute Gasteiger partial charge is 0.307 e. The SMILES string of the molecule is Cc1cc(Br)cn2c(CN3CC(C(=O)O)CCC3C)cnc12. The van der Waals surface area contributed by atoms with E-state index in [2.05, 4.69) is 43.2 Å². The molecule has 1 fully saturated rings. The number of rotatable bonds is 3. The minimum absolute atomic E-state index is 0.260. The molecule has 0 aromatic carbocycles. The highest BCUT2D eigenvalue weighted by Gasteiger charge is 2.30. The molecule has 0 amide bonds. The molecule has 1 aliphatic rings. The number of imidazole rings is 1. The van der Waals surface area contributed by atoms with E-state index in [-0.39, 0.29) is 5.92 Å². The van der Waals surface area contributed by atoms with E-state index >= 15 is 0 Å². The second-order valence-corrected chi connectivity index (χ2v) is 7.09. The highest BCUT2D eigenvalue weighted by Crippen LogP contribution is 2.25. The molecule has 0 aliphatic carbocycles. The lowest BCUT2D eigenvalue weighted by atomic mass is 9.93. The third-order valence-electron chi connectivity index (χ3n) is 4.56. The Morgan fingerprint density at radius 1 is 1.50 bits per heavy atom. The Bertz CT molecular complexity index is 713. The monoisotopic (exact) mass is 365 g/mol. The normalized spacial score (nSPS) is 23.0. The van der Waals surface area contributed by atoms with Gasteiger partial charge in [0.2, 0.25) is 0 Å². The van der Waals surface area contributed by atoms with Crippen molar-refractivity contribution < 1.29 is 9.90 Å². The van der Waals surface area contributed by atoms with Crippen LogP contribution in [0, 0.1) is 12.8 Å². The van der Waals surface area contributed by atoms with Gasteiger partial charge in [-0.1, -0.05) is 0 Å². The minimum Gasteiger partial charge on any atom is -0.481 e. The Labute approximate surface area is 138 Å². The number of carbonyl (C=O) groups is 1. The number of hydrogen-bond acceptors (Lipinski definition) is 3. The first-order chi connectivity index (χ1) is 10.5. The molecule has 2 aromatic rings. The van der Waals surface area contributed by atoms with Crippen LogP contribution in [0.25, 0.3) is 5.65 Å². The van der Waals surface area contributed by atoms with Crippen molar-refractivity contribution in [2.45, 2.75) is 39.3 Å². The Hall–Kier alpha value is -1.40. The van der Waals surface area contributed by atoms with Gasteiger partial charge in [-0.2, -0.15) is 0 Å². The second kappa shape index (κ2) is 6.01. The highest BCUT2D eigenvalue weighted by molar-refractivity contribution is 9.10. The van der Waals surface area contributed by atoms with Gasteiger partial charge in [-0.15, -0.1) is 0 Å². The van der Waals surface area contributed by atoms with Crippen LogP contribution in [0.1, 0.15) is 31.0 Å². The summed E-state index contributed by atoms with van der Waals surface area (Å²) in [5, 5.41) is 9.26. The number of carboxylic acids is 1. The largest absolute Gasteiger partial charge is 0.481 e. The number of piperidine rings is 1. The summed E-state index contributed by atoms with van der Waals surface area (Å²) in [5.41, 5.74) is 3.17. The Kier molecular flexibility index (Phi) is 4.23. The van der Waals surface area contributed by atoms with Crippen LogP contribution in [0.15, 0.2) is 22.9 Å². The number of nitrogens with zero attached hydrogens (tertiary/aromatic N) is 3. The van der Waals surface area contributed by atoms with Gasteiger partial charge in [-0.3, -0.25) is 9.69 Å². The molecule has 0 bridgehead atoms. The lowest BCUT2D eigenvalue weighted by Crippen LogP contribution is -2.43. The van der Waals surface area contributed by atoms with Gasteiger partial charge in [0.1, 0.15) is 5.65 Å². The van der Waals surface area contributed by atoms with E-state index in [1.54, 1.807) is 0 Å². The molecule has 2 atom stereocenters. The molecule has 5 nitrogen and oxygen atoms in total. The Morgan fingerprint density at radius 3 is 3.00 bits per heavy atom. The highest BCUT2D eigenvalue weighted by atomic mass is 79.9. The van der Waals surface area contributed by atoms with Gasteiger partial charge in [-0.05, 0) is 54.2 Å². The summed E-state index contributed by atoms with van der Waals surface area (Å²) >= 11 is 3.53. The topological polar surface area (TPSA) is 57.8 Å². The summed E-state index contributed by atoms with van der Waals surface area (Å²) in [6.07, 6.45) is 5.61. The molecule has 1 saturated heterocycles. The van der Waals surface area contributed by atoms with E-state index in [4.69, 9.17) is 0 Å². The number of carboxylic acid groups (broad SMARTS) is 1. The third-order valence-corrected chi connectivity index (χ3v) is 4.99.